The van der Waals surface area contributed by atoms with E-state index in [2.05, 4.69) is 42.7 Å². The highest BCUT2D eigenvalue weighted by Crippen LogP contribution is 2.16. The van der Waals surface area contributed by atoms with Gasteiger partial charge in [-0.25, -0.2) is 10.9 Å². The van der Waals surface area contributed by atoms with Crippen LogP contribution in [0.15, 0.2) is 0 Å². The van der Waals surface area contributed by atoms with Crippen molar-refractivity contribution in [1.82, 2.24) is 10.9 Å². The van der Waals surface area contributed by atoms with Gasteiger partial charge in [-0.3, -0.25) is 0 Å². The van der Waals surface area contributed by atoms with Gasteiger partial charge in [0.05, 0.1) is 15.9 Å². The minimum absolute atomic E-state index is 0.000579. The summed E-state index contributed by atoms with van der Waals surface area (Å²) in [6.45, 7) is 0. The van der Waals surface area contributed by atoms with Gasteiger partial charge in [-0.15, -0.1) is 0 Å². The number of alkyl halides is 2. The molecule has 5 heteroatoms. The Balaban J connectivity index is 2.44. The highest BCUT2D eigenvalue weighted by Gasteiger charge is 2.28. The second-order valence-corrected chi connectivity index (χ2v) is 3.70. The standard InChI is InChI=1S/C3H7Br2N3/c4-1-2(5)7-8-3(1)6/h1-3,7-8H,6H2. The first-order valence-electron chi connectivity index (χ1n) is 2.26. The fourth-order valence-corrected chi connectivity index (χ4v) is 1.24. The predicted octanol–water partition coefficient (Wildman–Crippen LogP) is -0.136. The highest BCUT2D eigenvalue weighted by molar-refractivity contribution is 9.12. The van der Waals surface area contributed by atoms with Crippen LogP contribution in [0.25, 0.3) is 0 Å². The largest absolute Gasteiger partial charge is 0.314 e. The molecule has 3 unspecified atom stereocenters. The molecule has 4 N–H and O–H groups in total. The van der Waals surface area contributed by atoms with Gasteiger partial charge in [0.15, 0.2) is 0 Å². The number of nitrogens with two attached hydrogens (primary N) is 1. The summed E-state index contributed by atoms with van der Waals surface area (Å²) in [5.74, 6) is 0. The van der Waals surface area contributed by atoms with Crippen molar-refractivity contribution in [2.75, 3.05) is 0 Å². The smallest absolute Gasteiger partial charge is 0.0916 e. The Hall–Kier alpha value is 0.840. The number of nitrogens with one attached hydrogen (secondary N) is 2. The lowest BCUT2D eigenvalue weighted by atomic mass is 10.4. The van der Waals surface area contributed by atoms with Crippen LogP contribution in [-0.4, -0.2) is 15.9 Å². The van der Waals surface area contributed by atoms with Crippen LogP contribution in [0.5, 0.6) is 0 Å². The van der Waals surface area contributed by atoms with E-state index in [1.807, 2.05) is 0 Å². The molecular formula is C3H7Br2N3. The molecule has 1 aliphatic heterocycles. The van der Waals surface area contributed by atoms with Crippen molar-refractivity contribution in [3.8, 4) is 0 Å². The normalized spacial score (nSPS) is 47.6. The average molecular weight is 245 g/mol. The molecule has 1 aliphatic rings. The molecule has 8 heavy (non-hydrogen) atoms. The second-order valence-electron chi connectivity index (χ2n) is 1.66. The van der Waals surface area contributed by atoms with Crippen LogP contribution >= 0.6 is 31.9 Å². The third-order valence-electron chi connectivity index (χ3n) is 1.01. The molecule has 0 aromatic carbocycles. The Morgan fingerprint density at radius 3 is 2.00 bits per heavy atom. The van der Waals surface area contributed by atoms with Crippen molar-refractivity contribution >= 4 is 31.9 Å². The molecule has 0 radical (unpaired) electrons. The first-order chi connectivity index (χ1) is 3.72. The minimum atomic E-state index is -0.000579. The maximum Gasteiger partial charge on any atom is 0.0916 e. The van der Waals surface area contributed by atoms with E-state index in [9.17, 15) is 0 Å². The van der Waals surface area contributed by atoms with Gasteiger partial charge < -0.3 is 5.73 Å². The van der Waals surface area contributed by atoms with Crippen LogP contribution in [0.4, 0.5) is 0 Å². The molecule has 48 valence electrons. The molecular weight excluding hydrogens is 238 g/mol. The molecule has 0 saturated carbocycles. The van der Waals surface area contributed by atoms with Gasteiger partial charge in [-0.1, -0.05) is 31.9 Å². The fraction of sp³-hybridized carbons (Fsp3) is 1.00. The fourth-order valence-electron chi connectivity index (χ4n) is 0.517. The number of rotatable bonds is 0. The summed E-state index contributed by atoms with van der Waals surface area (Å²) in [4.78, 5) is 0.500. The summed E-state index contributed by atoms with van der Waals surface area (Å²) >= 11 is 6.72. The third-order valence-corrected chi connectivity index (χ3v) is 3.62. The van der Waals surface area contributed by atoms with Gasteiger partial charge in [0.25, 0.3) is 0 Å². The Kier molecular flexibility index (Phi) is 2.27. The molecule has 3 nitrogen and oxygen atoms in total. The summed E-state index contributed by atoms with van der Waals surface area (Å²) in [6, 6.07) is 0. The number of halogens is 2. The molecule has 0 aromatic rings. The molecule has 0 aromatic heterocycles. The van der Waals surface area contributed by atoms with Crippen LogP contribution < -0.4 is 16.6 Å². The summed E-state index contributed by atoms with van der Waals surface area (Å²) in [6.07, 6.45) is -0.000579. The van der Waals surface area contributed by atoms with Crippen LogP contribution in [0, 0.1) is 0 Å². The van der Waals surface area contributed by atoms with Gasteiger partial charge in [-0.05, 0) is 0 Å². The monoisotopic (exact) mass is 243 g/mol. The summed E-state index contributed by atoms with van der Waals surface area (Å²) in [5.41, 5.74) is 11.3. The second kappa shape index (κ2) is 2.62. The Bertz CT molecular complexity index is 78.6. The number of hydrogen-bond acceptors (Lipinski definition) is 3. The highest BCUT2D eigenvalue weighted by atomic mass is 79.9. The minimum Gasteiger partial charge on any atom is -0.314 e. The van der Waals surface area contributed by atoms with E-state index in [4.69, 9.17) is 5.73 Å². The Morgan fingerprint density at radius 2 is 1.88 bits per heavy atom. The molecule has 0 amide bonds. The van der Waals surface area contributed by atoms with E-state index in [1.165, 1.54) is 0 Å². The summed E-state index contributed by atoms with van der Waals surface area (Å²) in [5, 5.41) is 0. The maximum atomic E-state index is 5.52. The molecule has 1 fully saturated rings. The molecule has 1 heterocycles. The van der Waals surface area contributed by atoms with Crippen molar-refractivity contribution < 1.29 is 0 Å². The van der Waals surface area contributed by atoms with E-state index in [0.29, 0.717) is 0 Å². The molecule has 0 aliphatic carbocycles. The van der Waals surface area contributed by atoms with Crippen LogP contribution in [0.1, 0.15) is 0 Å². The van der Waals surface area contributed by atoms with E-state index in [1.54, 1.807) is 0 Å². The maximum absolute atomic E-state index is 5.52. The molecule has 0 bridgehead atoms. The molecule has 0 spiro atoms. The lowest BCUT2D eigenvalue weighted by Gasteiger charge is -2.05. The van der Waals surface area contributed by atoms with Crippen molar-refractivity contribution in [3.63, 3.8) is 0 Å². The Morgan fingerprint density at radius 1 is 1.25 bits per heavy atom. The van der Waals surface area contributed by atoms with Gasteiger partial charge in [-0.2, -0.15) is 0 Å². The van der Waals surface area contributed by atoms with Crippen LogP contribution in [-0.2, 0) is 0 Å². The van der Waals surface area contributed by atoms with Crippen molar-refractivity contribution in [2.45, 2.75) is 15.9 Å². The topological polar surface area (TPSA) is 50.1 Å². The van der Waals surface area contributed by atoms with E-state index in [0.717, 1.165) is 0 Å². The van der Waals surface area contributed by atoms with Crippen molar-refractivity contribution in [1.29, 1.82) is 0 Å². The average Bonchev–Trinajstić information content (AvgIpc) is 1.98. The van der Waals surface area contributed by atoms with E-state index < -0.39 is 0 Å². The zero-order valence-corrected chi connectivity index (χ0v) is 7.24. The molecule has 3 atom stereocenters. The van der Waals surface area contributed by atoms with Crippen molar-refractivity contribution in [3.05, 3.63) is 0 Å². The van der Waals surface area contributed by atoms with Gasteiger partial charge >= 0.3 is 0 Å². The quantitative estimate of drug-likeness (QED) is 0.411. The molecule has 1 saturated heterocycles. The lowest BCUT2D eigenvalue weighted by molar-refractivity contribution is 0.575. The number of hydrogen-bond donors (Lipinski definition) is 3. The molecule has 1 rings (SSSR count). The van der Waals surface area contributed by atoms with E-state index in [-0.39, 0.29) is 15.9 Å². The van der Waals surface area contributed by atoms with Gasteiger partial charge in [0, 0.05) is 0 Å². The first-order valence-corrected chi connectivity index (χ1v) is 4.10. The van der Waals surface area contributed by atoms with Crippen LogP contribution in [0.3, 0.4) is 0 Å². The summed E-state index contributed by atoms with van der Waals surface area (Å²) in [7, 11) is 0. The summed E-state index contributed by atoms with van der Waals surface area (Å²) < 4.78 is 0. The van der Waals surface area contributed by atoms with E-state index >= 15 is 0 Å². The van der Waals surface area contributed by atoms with Gasteiger partial charge in [0.1, 0.15) is 0 Å². The third kappa shape index (κ3) is 1.22. The lowest BCUT2D eigenvalue weighted by Crippen LogP contribution is -2.39. The SMILES string of the molecule is NC1NNC(Br)C1Br. The Labute approximate surface area is 64.6 Å². The van der Waals surface area contributed by atoms with Crippen LogP contribution in [0.2, 0.25) is 0 Å². The van der Waals surface area contributed by atoms with Gasteiger partial charge in [0.2, 0.25) is 0 Å². The predicted molar refractivity (Wildman–Crippen MR) is 39.7 cm³/mol. The van der Waals surface area contributed by atoms with Crippen molar-refractivity contribution in [2.24, 2.45) is 5.73 Å². The zero-order chi connectivity index (χ0) is 6.15. The zero-order valence-electron chi connectivity index (χ0n) is 4.07. The first kappa shape index (κ1) is 6.95. The number of hydrazine groups is 1.